The van der Waals surface area contributed by atoms with E-state index in [-0.39, 0.29) is 0 Å². The summed E-state index contributed by atoms with van der Waals surface area (Å²) in [5.41, 5.74) is 2.42. The van der Waals surface area contributed by atoms with Crippen molar-refractivity contribution in [3.8, 4) is 0 Å². The Bertz CT molecular complexity index is 515. The zero-order chi connectivity index (χ0) is 11.7. The Morgan fingerprint density at radius 3 is 3.24 bits per heavy atom. The van der Waals surface area contributed by atoms with Gasteiger partial charge >= 0.3 is 0 Å². The van der Waals surface area contributed by atoms with Crippen LogP contribution in [0.3, 0.4) is 0 Å². The maximum absolute atomic E-state index is 4.61. The summed E-state index contributed by atoms with van der Waals surface area (Å²) in [4.78, 5) is 4.61. The topological polar surface area (TPSA) is 24.9 Å². The van der Waals surface area contributed by atoms with Crippen molar-refractivity contribution in [1.82, 2.24) is 4.98 Å². The van der Waals surface area contributed by atoms with Gasteiger partial charge in [-0.15, -0.1) is 0 Å². The number of nitrogens with zero attached hydrogens (tertiary/aromatic N) is 1. The molecule has 0 bridgehead atoms. The number of thiazole rings is 1. The number of fused-ring (bicyclic) bond motifs is 1. The maximum atomic E-state index is 4.61. The van der Waals surface area contributed by atoms with Crippen LogP contribution in [-0.4, -0.2) is 22.5 Å². The van der Waals surface area contributed by atoms with E-state index in [4.69, 9.17) is 0 Å². The van der Waals surface area contributed by atoms with E-state index in [0.717, 1.165) is 22.4 Å². The van der Waals surface area contributed by atoms with E-state index in [1.165, 1.54) is 28.9 Å². The molecule has 2 heterocycles. The average Bonchev–Trinajstić information content (AvgIpc) is 2.94. The normalized spacial score (nSPS) is 19.9. The molecule has 0 amide bonds. The van der Waals surface area contributed by atoms with Crippen LogP contribution < -0.4 is 5.32 Å². The lowest BCUT2D eigenvalue weighted by molar-refractivity contribution is 0.805. The first-order valence-electron chi connectivity index (χ1n) is 6.04. The predicted molar refractivity (Wildman–Crippen MR) is 78.3 cm³/mol. The van der Waals surface area contributed by atoms with Crippen LogP contribution in [-0.2, 0) is 0 Å². The molecule has 0 spiro atoms. The van der Waals surface area contributed by atoms with Crippen molar-refractivity contribution in [3.05, 3.63) is 23.8 Å². The Kier molecular flexibility index (Phi) is 3.25. The summed E-state index contributed by atoms with van der Waals surface area (Å²) in [5, 5.41) is 5.33. The van der Waals surface area contributed by atoms with Crippen LogP contribution in [0.1, 0.15) is 18.4 Å². The fourth-order valence-electron chi connectivity index (χ4n) is 2.11. The number of rotatable bonds is 3. The number of hydrogen-bond acceptors (Lipinski definition) is 4. The van der Waals surface area contributed by atoms with Gasteiger partial charge in [-0.1, -0.05) is 17.4 Å². The third-order valence-corrected chi connectivity index (χ3v) is 5.42. The number of nitrogens with one attached hydrogen (secondary N) is 1. The summed E-state index contributed by atoms with van der Waals surface area (Å²) in [5.74, 6) is 1.32. The molecule has 4 heteroatoms. The Labute approximate surface area is 110 Å². The van der Waals surface area contributed by atoms with Crippen molar-refractivity contribution in [1.29, 1.82) is 0 Å². The SMILES string of the molecule is Cc1ccc2nc(NCC3CCCS3)sc2c1. The molecule has 17 heavy (non-hydrogen) atoms. The van der Waals surface area contributed by atoms with Crippen molar-refractivity contribution in [3.63, 3.8) is 0 Å². The predicted octanol–water partition coefficient (Wildman–Crippen LogP) is 3.91. The highest BCUT2D eigenvalue weighted by Crippen LogP contribution is 2.29. The molecule has 2 aromatic rings. The molecule has 1 aromatic heterocycles. The molecule has 1 unspecified atom stereocenters. The van der Waals surface area contributed by atoms with Crippen LogP contribution in [0.5, 0.6) is 0 Å². The minimum absolute atomic E-state index is 0.781. The zero-order valence-electron chi connectivity index (χ0n) is 9.90. The number of hydrogen-bond donors (Lipinski definition) is 1. The first-order valence-corrected chi connectivity index (χ1v) is 7.90. The molecule has 1 aliphatic heterocycles. The van der Waals surface area contributed by atoms with Gasteiger partial charge in [0.2, 0.25) is 0 Å². The van der Waals surface area contributed by atoms with Crippen molar-refractivity contribution < 1.29 is 0 Å². The molecule has 2 nitrogen and oxygen atoms in total. The maximum Gasteiger partial charge on any atom is 0.183 e. The summed E-state index contributed by atoms with van der Waals surface area (Å²) >= 11 is 3.85. The standard InChI is InChI=1S/C13H16N2S2/c1-9-4-5-11-12(7-9)17-13(15-11)14-8-10-3-2-6-16-10/h4-5,7,10H,2-3,6,8H2,1H3,(H,14,15). The second kappa shape index (κ2) is 4.86. The zero-order valence-corrected chi connectivity index (χ0v) is 11.5. The summed E-state index contributed by atoms with van der Waals surface area (Å²) in [6.45, 7) is 3.19. The molecule has 1 aliphatic rings. The summed E-state index contributed by atoms with van der Waals surface area (Å²) < 4.78 is 1.28. The number of aryl methyl sites for hydroxylation is 1. The molecule has 1 fully saturated rings. The van der Waals surface area contributed by atoms with Crippen LogP contribution in [0.2, 0.25) is 0 Å². The molecule has 0 radical (unpaired) electrons. The van der Waals surface area contributed by atoms with Gasteiger partial charge < -0.3 is 5.32 Å². The molecular weight excluding hydrogens is 248 g/mol. The number of aromatic nitrogens is 1. The van der Waals surface area contributed by atoms with Crippen LogP contribution in [0, 0.1) is 6.92 Å². The van der Waals surface area contributed by atoms with E-state index in [9.17, 15) is 0 Å². The first-order chi connectivity index (χ1) is 8.31. The number of benzene rings is 1. The smallest absolute Gasteiger partial charge is 0.183 e. The highest BCUT2D eigenvalue weighted by atomic mass is 32.2. The molecule has 1 saturated heterocycles. The van der Waals surface area contributed by atoms with Gasteiger partial charge in [0.05, 0.1) is 10.2 Å². The fraction of sp³-hybridized carbons (Fsp3) is 0.462. The van der Waals surface area contributed by atoms with Crippen LogP contribution >= 0.6 is 23.1 Å². The van der Waals surface area contributed by atoms with Gasteiger partial charge in [-0.25, -0.2) is 4.98 Å². The summed E-state index contributed by atoms with van der Waals surface area (Å²) in [6.07, 6.45) is 2.72. The fourth-order valence-corrected chi connectivity index (χ4v) is 4.29. The average molecular weight is 264 g/mol. The Morgan fingerprint density at radius 2 is 2.41 bits per heavy atom. The van der Waals surface area contributed by atoms with Gasteiger partial charge in [-0.05, 0) is 43.2 Å². The largest absolute Gasteiger partial charge is 0.360 e. The van der Waals surface area contributed by atoms with E-state index in [1.54, 1.807) is 11.3 Å². The van der Waals surface area contributed by atoms with Gasteiger partial charge in [-0.2, -0.15) is 11.8 Å². The van der Waals surface area contributed by atoms with E-state index < -0.39 is 0 Å². The van der Waals surface area contributed by atoms with Crippen molar-refractivity contribution in [2.45, 2.75) is 25.0 Å². The molecule has 0 saturated carbocycles. The Hall–Kier alpha value is -0.740. The number of anilines is 1. The highest BCUT2D eigenvalue weighted by molar-refractivity contribution is 8.00. The molecule has 1 aromatic carbocycles. The quantitative estimate of drug-likeness (QED) is 0.909. The van der Waals surface area contributed by atoms with Crippen LogP contribution in [0.4, 0.5) is 5.13 Å². The van der Waals surface area contributed by atoms with Crippen molar-refractivity contribution >= 4 is 38.4 Å². The van der Waals surface area contributed by atoms with E-state index in [1.807, 2.05) is 0 Å². The van der Waals surface area contributed by atoms with Gasteiger partial charge in [0, 0.05) is 11.8 Å². The van der Waals surface area contributed by atoms with Gasteiger partial charge in [0.1, 0.15) is 0 Å². The monoisotopic (exact) mass is 264 g/mol. The van der Waals surface area contributed by atoms with Crippen LogP contribution in [0.25, 0.3) is 10.2 Å². The van der Waals surface area contributed by atoms with E-state index in [2.05, 4.69) is 47.2 Å². The lowest BCUT2D eigenvalue weighted by Crippen LogP contribution is -2.13. The van der Waals surface area contributed by atoms with E-state index in [0.29, 0.717) is 0 Å². The minimum Gasteiger partial charge on any atom is -0.360 e. The summed E-state index contributed by atoms with van der Waals surface area (Å²) in [7, 11) is 0. The van der Waals surface area contributed by atoms with Gasteiger partial charge in [0.15, 0.2) is 5.13 Å². The first kappa shape index (κ1) is 11.4. The minimum atomic E-state index is 0.781. The third-order valence-electron chi connectivity index (χ3n) is 3.05. The van der Waals surface area contributed by atoms with Crippen LogP contribution in [0.15, 0.2) is 18.2 Å². The molecule has 3 rings (SSSR count). The lowest BCUT2D eigenvalue weighted by Gasteiger charge is -2.07. The van der Waals surface area contributed by atoms with Crippen molar-refractivity contribution in [2.24, 2.45) is 0 Å². The summed E-state index contributed by atoms with van der Waals surface area (Å²) in [6, 6.07) is 6.44. The van der Waals surface area contributed by atoms with Crippen molar-refractivity contribution in [2.75, 3.05) is 17.6 Å². The Balaban J connectivity index is 1.72. The second-order valence-electron chi connectivity index (χ2n) is 4.51. The molecule has 1 N–H and O–H groups in total. The number of thioether (sulfide) groups is 1. The Morgan fingerprint density at radius 1 is 1.47 bits per heavy atom. The molecule has 1 atom stereocenters. The van der Waals surface area contributed by atoms with Gasteiger partial charge in [0.25, 0.3) is 0 Å². The second-order valence-corrected chi connectivity index (χ2v) is 6.95. The third kappa shape index (κ3) is 2.58. The highest BCUT2D eigenvalue weighted by Gasteiger charge is 2.15. The molecular formula is C13H16N2S2. The van der Waals surface area contributed by atoms with E-state index >= 15 is 0 Å². The molecule has 90 valence electrons. The lowest BCUT2D eigenvalue weighted by atomic mass is 10.2. The van der Waals surface area contributed by atoms with Gasteiger partial charge in [-0.3, -0.25) is 0 Å². The molecule has 0 aliphatic carbocycles.